The lowest BCUT2D eigenvalue weighted by molar-refractivity contribution is 0.0541. The molecule has 2 heteroatoms. The highest BCUT2D eigenvalue weighted by atomic mass is 16.5. The maximum Gasteiger partial charge on any atom is 0.0469 e. The van der Waals surface area contributed by atoms with Crippen LogP contribution in [0.25, 0.3) is 0 Å². The Morgan fingerprint density at radius 1 is 1.50 bits per heavy atom. The number of hydrogen-bond acceptors (Lipinski definition) is 2. The van der Waals surface area contributed by atoms with Crippen molar-refractivity contribution >= 4 is 0 Å². The molecule has 1 aliphatic rings. The summed E-state index contributed by atoms with van der Waals surface area (Å²) in [4.78, 5) is 0. The van der Waals surface area contributed by atoms with E-state index in [1.165, 1.54) is 19.3 Å². The molecule has 14 heavy (non-hydrogen) atoms. The van der Waals surface area contributed by atoms with Crippen molar-refractivity contribution in [1.82, 2.24) is 5.32 Å². The highest BCUT2D eigenvalue weighted by Crippen LogP contribution is 2.20. The van der Waals surface area contributed by atoms with Crippen molar-refractivity contribution in [3.8, 4) is 0 Å². The molecular weight excluding hydrogens is 174 g/mol. The van der Waals surface area contributed by atoms with Crippen molar-refractivity contribution in [2.24, 2.45) is 5.92 Å². The molecule has 0 aliphatic carbocycles. The SMILES string of the molecule is C=CCC(NCCC)C1CCOCC1. The summed E-state index contributed by atoms with van der Waals surface area (Å²) < 4.78 is 5.38. The molecule has 0 aromatic carbocycles. The second-order valence-corrected chi connectivity index (χ2v) is 4.03. The highest BCUT2D eigenvalue weighted by molar-refractivity contribution is 4.84. The smallest absolute Gasteiger partial charge is 0.0469 e. The summed E-state index contributed by atoms with van der Waals surface area (Å²) >= 11 is 0. The van der Waals surface area contributed by atoms with Gasteiger partial charge in [0.2, 0.25) is 0 Å². The first kappa shape index (κ1) is 11.7. The molecule has 0 spiro atoms. The van der Waals surface area contributed by atoms with Gasteiger partial charge in [0.25, 0.3) is 0 Å². The maximum atomic E-state index is 5.38. The fraction of sp³-hybridized carbons (Fsp3) is 0.833. The lowest BCUT2D eigenvalue weighted by Crippen LogP contribution is -2.39. The molecule has 1 N–H and O–H groups in total. The van der Waals surface area contributed by atoms with Gasteiger partial charge in [-0.1, -0.05) is 13.0 Å². The van der Waals surface area contributed by atoms with Gasteiger partial charge in [0.1, 0.15) is 0 Å². The van der Waals surface area contributed by atoms with Crippen LogP contribution in [-0.2, 0) is 4.74 Å². The third kappa shape index (κ3) is 3.81. The molecule has 1 atom stereocenters. The topological polar surface area (TPSA) is 21.3 Å². The Kier molecular flexibility index (Phi) is 5.88. The van der Waals surface area contributed by atoms with Crippen LogP contribution in [0.15, 0.2) is 12.7 Å². The first-order valence-corrected chi connectivity index (χ1v) is 5.80. The number of rotatable bonds is 6. The predicted octanol–water partition coefficient (Wildman–Crippen LogP) is 2.36. The molecule has 0 radical (unpaired) electrons. The average Bonchev–Trinajstić information content (AvgIpc) is 2.25. The van der Waals surface area contributed by atoms with Crippen LogP contribution in [0, 0.1) is 5.92 Å². The molecule has 1 unspecified atom stereocenters. The fourth-order valence-electron chi connectivity index (χ4n) is 2.07. The zero-order valence-corrected chi connectivity index (χ0v) is 9.30. The molecule has 0 aromatic rings. The number of nitrogens with one attached hydrogen (secondary N) is 1. The van der Waals surface area contributed by atoms with Gasteiger partial charge in [-0.05, 0) is 38.1 Å². The predicted molar refractivity (Wildman–Crippen MR) is 60.4 cm³/mol. The van der Waals surface area contributed by atoms with Gasteiger partial charge >= 0.3 is 0 Å². The Morgan fingerprint density at radius 3 is 2.79 bits per heavy atom. The van der Waals surface area contributed by atoms with Crippen LogP contribution in [0.1, 0.15) is 32.6 Å². The van der Waals surface area contributed by atoms with Crippen molar-refractivity contribution in [2.45, 2.75) is 38.6 Å². The molecular formula is C12H23NO. The Bertz CT molecular complexity index is 152. The van der Waals surface area contributed by atoms with E-state index in [-0.39, 0.29) is 0 Å². The van der Waals surface area contributed by atoms with E-state index >= 15 is 0 Å². The van der Waals surface area contributed by atoms with Crippen molar-refractivity contribution in [1.29, 1.82) is 0 Å². The van der Waals surface area contributed by atoms with E-state index in [0.29, 0.717) is 6.04 Å². The van der Waals surface area contributed by atoms with Gasteiger partial charge in [-0.15, -0.1) is 6.58 Å². The second-order valence-electron chi connectivity index (χ2n) is 4.03. The lowest BCUT2D eigenvalue weighted by atomic mass is 9.89. The van der Waals surface area contributed by atoms with E-state index in [4.69, 9.17) is 4.74 Å². The average molecular weight is 197 g/mol. The first-order chi connectivity index (χ1) is 6.88. The number of hydrogen-bond donors (Lipinski definition) is 1. The fourth-order valence-corrected chi connectivity index (χ4v) is 2.07. The third-order valence-corrected chi connectivity index (χ3v) is 2.91. The van der Waals surface area contributed by atoms with Crippen LogP contribution in [0.5, 0.6) is 0 Å². The molecule has 1 aliphatic heterocycles. The third-order valence-electron chi connectivity index (χ3n) is 2.91. The number of ether oxygens (including phenoxy) is 1. The van der Waals surface area contributed by atoms with E-state index in [0.717, 1.165) is 32.1 Å². The molecule has 0 saturated carbocycles. The standard InChI is InChI=1S/C12H23NO/c1-3-5-12(13-8-4-2)11-6-9-14-10-7-11/h3,11-13H,1,4-10H2,2H3. The van der Waals surface area contributed by atoms with Gasteiger partial charge in [0.15, 0.2) is 0 Å². The van der Waals surface area contributed by atoms with E-state index in [1.54, 1.807) is 0 Å². The Labute approximate surface area is 87.7 Å². The van der Waals surface area contributed by atoms with Crippen molar-refractivity contribution in [3.05, 3.63) is 12.7 Å². The molecule has 0 aromatic heterocycles. The Morgan fingerprint density at radius 2 is 2.21 bits per heavy atom. The van der Waals surface area contributed by atoms with E-state index < -0.39 is 0 Å². The van der Waals surface area contributed by atoms with Crippen molar-refractivity contribution < 1.29 is 4.74 Å². The summed E-state index contributed by atoms with van der Waals surface area (Å²) in [5, 5.41) is 3.61. The summed E-state index contributed by atoms with van der Waals surface area (Å²) in [6.45, 7) is 9.04. The first-order valence-electron chi connectivity index (χ1n) is 5.80. The zero-order chi connectivity index (χ0) is 10.2. The van der Waals surface area contributed by atoms with Gasteiger partial charge in [-0.3, -0.25) is 0 Å². The Balaban J connectivity index is 2.34. The zero-order valence-electron chi connectivity index (χ0n) is 9.30. The van der Waals surface area contributed by atoms with Gasteiger partial charge in [0, 0.05) is 19.3 Å². The van der Waals surface area contributed by atoms with E-state index in [9.17, 15) is 0 Å². The maximum absolute atomic E-state index is 5.38. The molecule has 1 heterocycles. The minimum Gasteiger partial charge on any atom is -0.381 e. The van der Waals surface area contributed by atoms with Crippen LogP contribution in [0.3, 0.4) is 0 Å². The lowest BCUT2D eigenvalue weighted by Gasteiger charge is -2.30. The minimum atomic E-state index is 0.622. The summed E-state index contributed by atoms with van der Waals surface area (Å²) in [7, 11) is 0. The van der Waals surface area contributed by atoms with Crippen LogP contribution in [0.4, 0.5) is 0 Å². The largest absolute Gasteiger partial charge is 0.381 e. The van der Waals surface area contributed by atoms with E-state index in [2.05, 4.69) is 18.8 Å². The summed E-state index contributed by atoms with van der Waals surface area (Å²) in [6.07, 6.45) is 6.73. The molecule has 1 saturated heterocycles. The minimum absolute atomic E-state index is 0.622. The summed E-state index contributed by atoms with van der Waals surface area (Å²) in [5.74, 6) is 0.785. The molecule has 1 fully saturated rings. The van der Waals surface area contributed by atoms with E-state index in [1.807, 2.05) is 6.08 Å². The highest BCUT2D eigenvalue weighted by Gasteiger charge is 2.22. The van der Waals surface area contributed by atoms with Gasteiger partial charge in [-0.25, -0.2) is 0 Å². The summed E-state index contributed by atoms with van der Waals surface area (Å²) in [5.41, 5.74) is 0. The normalized spacial score (nSPS) is 20.6. The molecule has 0 amide bonds. The molecule has 82 valence electrons. The van der Waals surface area contributed by atoms with Gasteiger partial charge in [-0.2, -0.15) is 0 Å². The van der Waals surface area contributed by atoms with Gasteiger partial charge in [0.05, 0.1) is 0 Å². The molecule has 0 bridgehead atoms. The molecule has 1 rings (SSSR count). The van der Waals surface area contributed by atoms with Crippen LogP contribution < -0.4 is 5.32 Å². The van der Waals surface area contributed by atoms with Crippen LogP contribution >= 0.6 is 0 Å². The second kappa shape index (κ2) is 7.02. The Hall–Kier alpha value is -0.340. The van der Waals surface area contributed by atoms with Crippen LogP contribution in [-0.4, -0.2) is 25.8 Å². The summed E-state index contributed by atoms with van der Waals surface area (Å²) in [6, 6.07) is 0.622. The van der Waals surface area contributed by atoms with Crippen molar-refractivity contribution in [2.75, 3.05) is 19.8 Å². The quantitative estimate of drug-likeness (QED) is 0.660. The van der Waals surface area contributed by atoms with Crippen molar-refractivity contribution in [3.63, 3.8) is 0 Å². The van der Waals surface area contributed by atoms with Gasteiger partial charge < -0.3 is 10.1 Å². The van der Waals surface area contributed by atoms with Crippen LogP contribution in [0.2, 0.25) is 0 Å². The molecule has 2 nitrogen and oxygen atoms in total. The monoisotopic (exact) mass is 197 g/mol.